The van der Waals surface area contributed by atoms with Crippen LogP contribution in [0.25, 0.3) is 43.7 Å². The lowest BCUT2D eigenvalue weighted by Gasteiger charge is -2.36. The maximum Gasteiger partial charge on any atom is 0.261 e. The molecule has 3 heteroatoms. The van der Waals surface area contributed by atoms with Crippen molar-refractivity contribution in [2.45, 2.75) is 0 Å². The van der Waals surface area contributed by atoms with Crippen LogP contribution in [0.4, 0.5) is 0 Å². The fourth-order valence-corrected chi connectivity index (χ4v) is 11.6. The standard InChI is InChI=1S/C36H25NOSi/c1-3-14-26(15-4-1)39(27-16-5-2-6-17-27,35-25-13-21-31-30-20-9-12-24-34(30)38-36(31)35)37-32-22-10-7-18-28(32)29-19-8-11-23-33(29)37/h1-25H. The van der Waals surface area contributed by atoms with Gasteiger partial charge in [-0.25, -0.2) is 0 Å². The first-order chi connectivity index (χ1) is 19.4. The highest BCUT2D eigenvalue weighted by atomic mass is 28.3. The number of furan rings is 1. The van der Waals surface area contributed by atoms with E-state index in [1.165, 1.54) is 37.4 Å². The topological polar surface area (TPSA) is 18.1 Å². The first-order valence-electron chi connectivity index (χ1n) is 13.4. The van der Waals surface area contributed by atoms with Gasteiger partial charge in [0.25, 0.3) is 8.24 Å². The van der Waals surface area contributed by atoms with Gasteiger partial charge >= 0.3 is 0 Å². The summed E-state index contributed by atoms with van der Waals surface area (Å²) in [7, 11) is -2.98. The predicted molar refractivity (Wildman–Crippen MR) is 166 cm³/mol. The van der Waals surface area contributed by atoms with Crippen LogP contribution in [0.5, 0.6) is 0 Å². The number of aromatic nitrogens is 1. The number of para-hydroxylation sites is 4. The lowest BCUT2D eigenvalue weighted by atomic mass is 10.1. The Labute approximate surface area is 227 Å². The molecule has 0 radical (unpaired) electrons. The van der Waals surface area contributed by atoms with Gasteiger partial charge in [0, 0.05) is 37.8 Å². The number of rotatable bonds is 4. The molecule has 6 aromatic carbocycles. The fourth-order valence-electron chi connectivity index (χ4n) is 6.53. The van der Waals surface area contributed by atoms with Crippen LogP contribution in [0.2, 0.25) is 0 Å². The van der Waals surface area contributed by atoms with Crippen LogP contribution in [-0.4, -0.2) is 12.5 Å². The second-order valence-electron chi connectivity index (χ2n) is 10.1. The molecule has 8 aromatic rings. The van der Waals surface area contributed by atoms with E-state index in [0.717, 1.165) is 21.9 Å². The molecule has 2 nitrogen and oxygen atoms in total. The molecule has 8 rings (SSSR count). The minimum Gasteiger partial charge on any atom is -0.456 e. The zero-order valence-electron chi connectivity index (χ0n) is 21.3. The summed E-state index contributed by atoms with van der Waals surface area (Å²) in [6.07, 6.45) is 0. The SMILES string of the molecule is c1ccc([Si](c2ccccc2)(c2cccc3c2oc2ccccc23)n2c3ccccc3c3ccccc32)cc1. The van der Waals surface area contributed by atoms with Crippen LogP contribution in [-0.2, 0) is 0 Å². The lowest BCUT2D eigenvalue weighted by Crippen LogP contribution is -2.72. The van der Waals surface area contributed by atoms with Crippen molar-refractivity contribution in [3.05, 3.63) is 152 Å². The van der Waals surface area contributed by atoms with Crippen molar-refractivity contribution in [3.63, 3.8) is 0 Å². The molecule has 0 fully saturated rings. The van der Waals surface area contributed by atoms with Crippen LogP contribution in [0.1, 0.15) is 0 Å². The van der Waals surface area contributed by atoms with Crippen LogP contribution in [0, 0.1) is 0 Å². The molecule has 0 spiro atoms. The van der Waals surface area contributed by atoms with Gasteiger partial charge in [-0.3, -0.25) is 0 Å². The zero-order chi connectivity index (χ0) is 25.8. The summed E-state index contributed by atoms with van der Waals surface area (Å²) >= 11 is 0. The lowest BCUT2D eigenvalue weighted by molar-refractivity contribution is 0.671. The van der Waals surface area contributed by atoms with Crippen molar-refractivity contribution in [2.75, 3.05) is 0 Å². The Balaban J connectivity index is 1.66. The predicted octanol–water partition coefficient (Wildman–Crippen LogP) is 7.21. The maximum atomic E-state index is 6.78. The molecule has 0 aliphatic rings. The van der Waals surface area contributed by atoms with E-state index in [1.807, 2.05) is 0 Å². The van der Waals surface area contributed by atoms with Gasteiger partial charge in [-0.05, 0) is 28.6 Å². The van der Waals surface area contributed by atoms with Gasteiger partial charge in [-0.1, -0.05) is 133 Å². The Hall–Kier alpha value is -4.86. The van der Waals surface area contributed by atoms with E-state index in [4.69, 9.17) is 4.42 Å². The Morgan fingerprint density at radius 1 is 0.410 bits per heavy atom. The van der Waals surface area contributed by atoms with Crippen LogP contribution < -0.4 is 15.6 Å². The van der Waals surface area contributed by atoms with Gasteiger partial charge in [-0.15, -0.1) is 0 Å². The molecule has 0 aliphatic heterocycles. The van der Waals surface area contributed by atoms with Crippen molar-refractivity contribution >= 4 is 67.5 Å². The molecule has 0 aliphatic carbocycles. The summed E-state index contributed by atoms with van der Waals surface area (Å²) in [5, 5.41) is 8.74. The van der Waals surface area contributed by atoms with E-state index in [2.05, 4.69) is 156 Å². The first-order valence-corrected chi connectivity index (χ1v) is 15.3. The average molecular weight is 516 g/mol. The van der Waals surface area contributed by atoms with Crippen molar-refractivity contribution in [1.82, 2.24) is 4.23 Å². The average Bonchev–Trinajstić information content (AvgIpc) is 3.56. The molecular weight excluding hydrogens is 490 g/mol. The Bertz CT molecular complexity index is 2030. The van der Waals surface area contributed by atoms with E-state index in [1.54, 1.807) is 0 Å². The number of benzene rings is 6. The number of fused-ring (bicyclic) bond motifs is 6. The third-order valence-electron chi connectivity index (χ3n) is 8.09. The molecule has 2 aromatic heterocycles. The van der Waals surface area contributed by atoms with Crippen LogP contribution >= 0.6 is 0 Å². The summed E-state index contributed by atoms with van der Waals surface area (Å²) < 4.78 is 9.45. The zero-order valence-corrected chi connectivity index (χ0v) is 22.3. The summed E-state index contributed by atoms with van der Waals surface area (Å²) in [5.41, 5.74) is 4.38. The minimum atomic E-state index is -2.98. The molecule has 0 bridgehead atoms. The Morgan fingerprint density at radius 2 is 0.897 bits per heavy atom. The van der Waals surface area contributed by atoms with E-state index in [9.17, 15) is 0 Å². The molecule has 0 atom stereocenters. The number of hydrogen-bond donors (Lipinski definition) is 0. The van der Waals surface area contributed by atoms with Gasteiger partial charge in [0.05, 0.1) is 0 Å². The van der Waals surface area contributed by atoms with Crippen molar-refractivity contribution in [2.24, 2.45) is 0 Å². The molecular formula is C36H25NOSi. The van der Waals surface area contributed by atoms with E-state index >= 15 is 0 Å². The Kier molecular flexibility index (Phi) is 4.88. The molecule has 0 unspecified atom stereocenters. The molecule has 0 saturated heterocycles. The highest BCUT2D eigenvalue weighted by molar-refractivity contribution is 7.12. The van der Waals surface area contributed by atoms with Gasteiger partial charge < -0.3 is 8.65 Å². The third kappa shape index (κ3) is 3.08. The quantitative estimate of drug-likeness (QED) is 0.179. The van der Waals surface area contributed by atoms with Crippen molar-refractivity contribution in [3.8, 4) is 0 Å². The second kappa shape index (κ2) is 8.59. The number of hydrogen-bond acceptors (Lipinski definition) is 1. The normalized spacial score (nSPS) is 12.1. The van der Waals surface area contributed by atoms with E-state index in [-0.39, 0.29) is 0 Å². The largest absolute Gasteiger partial charge is 0.456 e. The number of nitrogens with zero attached hydrogens (tertiary/aromatic N) is 1. The highest BCUT2D eigenvalue weighted by Gasteiger charge is 2.46. The maximum absolute atomic E-state index is 6.78. The fraction of sp³-hybridized carbons (Fsp3) is 0. The molecule has 2 heterocycles. The smallest absolute Gasteiger partial charge is 0.261 e. The molecule has 184 valence electrons. The molecule has 0 saturated carbocycles. The molecule has 0 amide bonds. The summed E-state index contributed by atoms with van der Waals surface area (Å²) in [6, 6.07) is 54.9. The second-order valence-corrected chi connectivity index (χ2v) is 13.7. The van der Waals surface area contributed by atoms with E-state index in [0.29, 0.717) is 0 Å². The van der Waals surface area contributed by atoms with Gasteiger partial charge in [0.2, 0.25) is 0 Å². The molecule has 39 heavy (non-hydrogen) atoms. The summed E-state index contributed by atoms with van der Waals surface area (Å²) in [6.45, 7) is 0. The van der Waals surface area contributed by atoms with Gasteiger partial charge in [0.15, 0.2) is 0 Å². The van der Waals surface area contributed by atoms with Crippen molar-refractivity contribution < 1.29 is 4.42 Å². The minimum absolute atomic E-state index is 0.922. The van der Waals surface area contributed by atoms with E-state index < -0.39 is 8.24 Å². The monoisotopic (exact) mass is 515 g/mol. The van der Waals surface area contributed by atoms with Gasteiger partial charge in [-0.2, -0.15) is 0 Å². The third-order valence-corrected chi connectivity index (χ3v) is 12.8. The first kappa shape index (κ1) is 22.2. The van der Waals surface area contributed by atoms with Gasteiger partial charge in [0.1, 0.15) is 11.2 Å². The van der Waals surface area contributed by atoms with Crippen LogP contribution in [0.3, 0.4) is 0 Å². The van der Waals surface area contributed by atoms with Crippen molar-refractivity contribution in [1.29, 1.82) is 0 Å². The summed E-state index contributed by atoms with van der Waals surface area (Å²) in [5.74, 6) is 0. The highest BCUT2D eigenvalue weighted by Crippen LogP contribution is 2.34. The molecule has 0 N–H and O–H groups in total. The van der Waals surface area contributed by atoms with Crippen LogP contribution in [0.15, 0.2) is 156 Å². The summed E-state index contributed by atoms with van der Waals surface area (Å²) in [4.78, 5) is 0. The Morgan fingerprint density at radius 3 is 1.51 bits per heavy atom.